The van der Waals surface area contributed by atoms with Gasteiger partial charge in [0, 0.05) is 12.7 Å². The lowest BCUT2D eigenvalue weighted by Crippen LogP contribution is -2.36. The fourth-order valence-corrected chi connectivity index (χ4v) is 1.41. The topological polar surface area (TPSA) is 59.5 Å². The molecule has 5 nitrogen and oxygen atoms in total. The monoisotopic (exact) mass is 254 g/mol. The Kier molecular flexibility index (Phi) is 5.23. The Bertz CT molecular complexity index is 437. The van der Waals surface area contributed by atoms with Crippen molar-refractivity contribution in [2.45, 2.75) is 13.8 Å². The maximum atomic E-state index is 13.4. The zero-order valence-electron chi connectivity index (χ0n) is 10.4. The van der Waals surface area contributed by atoms with E-state index in [-0.39, 0.29) is 18.7 Å². The number of pyridine rings is 1. The third kappa shape index (κ3) is 3.51. The Morgan fingerprint density at radius 1 is 1.44 bits per heavy atom. The number of halogens is 1. The number of likely N-dealkylation sites (N-methyl/N-ethyl adjacent to an activating group) is 1. The zero-order chi connectivity index (χ0) is 13.5. The van der Waals surface area contributed by atoms with E-state index < -0.39 is 17.7 Å². The van der Waals surface area contributed by atoms with E-state index in [1.165, 1.54) is 17.2 Å². The first-order chi connectivity index (χ1) is 8.60. The average Bonchev–Trinajstić information content (AvgIpc) is 2.36. The minimum Gasteiger partial charge on any atom is -0.465 e. The Morgan fingerprint density at radius 2 is 2.17 bits per heavy atom. The Labute approximate surface area is 105 Å². The van der Waals surface area contributed by atoms with Gasteiger partial charge in [-0.1, -0.05) is 0 Å². The van der Waals surface area contributed by atoms with Crippen LogP contribution in [0.2, 0.25) is 0 Å². The lowest BCUT2D eigenvalue weighted by atomic mass is 10.2. The highest BCUT2D eigenvalue weighted by Crippen LogP contribution is 2.08. The maximum absolute atomic E-state index is 13.4. The number of nitrogens with zero attached hydrogens (tertiary/aromatic N) is 2. The number of aromatic nitrogens is 1. The number of hydrogen-bond donors (Lipinski definition) is 0. The number of hydrogen-bond acceptors (Lipinski definition) is 4. The summed E-state index contributed by atoms with van der Waals surface area (Å²) in [6, 6.07) is 1.28. The molecule has 0 spiro atoms. The molecule has 0 saturated heterocycles. The SMILES string of the molecule is CCOC(=O)CN(CC)C(=O)c1ccncc1F. The van der Waals surface area contributed by atoms with Crippen LogP contribution in [0.3, 0.4) is 0 Å². The Balaban J connectivity index is 2.80. The van der Waals surface area contributed by atoms with Crippen LogP contribution in [0.15, 0.2) is 18.5 Å². The molecule has 98 valence electrons. The van der Waals surface area contributed by atoms with E-state index in [9.17, 15) is 14.0 Å². The predicted octanol–water partition coefficient (Wildman–Crippen LogP) is 1.25. The fraction of sp³-hybridized carbons (Fsp3) is 0.417. The molecule has 0 unspecified atom stereocenters. The summed E-state index contributed by atoms with van der Waals surface area (Å²) >= 11 is 0. The van der Waals surface area contributed by atoms with Gasteiger partial charge in [0.05, 0.1) is 18.4 Å². The van der Waals surface area contributed by atoms with Crippen LogP contribution in [0.25, 0.3) is 0 Å². The third-order valence-electron chi connectivity index (χ3n) is 2.30. The lowest BCUT2D eigenvalue weighted by Gasteiger charge is -2.19. The molecular formula is C12H15FN2O3. The third-order valence-corrected chi connectivity index (χ3v) is 2.30. The second kappa shape index (κ2) is 6.68. The predicted molar refractivity (Wildman–Crippen MR) is 62.4 cm³/mol. The minimum absolute atomic E-state index is 0.101. The Hall–Kier alpha value is -1.98. The summed E-state index contributed by atoms with van der Waals surface area (Å²) in [6.07, 6.45) is 2.29. The number of esters is 1. The zero-order valence-corrected chi connectivity index (χ0v) is 10.4. The van der Waals surface area contributed by atoms with Gasteiger partial charge in [-0.25, -0.2) is 4.39 Å². The highest BCUT2D eigenvalue weighted by Gasteiger charge is 2.20. The van der Waals surface area contributed by atoms with Gasteiger partial charge in [-0.2, -0.15) is 0 Å². The van der Waals surface area contributed by atoms with Gasteiger partial charge in [0.25, 0.3) is 5.91 Å². The molecule has 0 aliphatic heterocycles. The molecule has 1 rings (SSSR count). The molecule has 6 heteroatoms. The summed E-state index contributed by atoms with van der Waals surface area (Å²) in [5, 5.41) is 0. The molecule has 0 fully saturated rings. The minimum atomic E-state index is -0.704. The standard InChI is InChI=1S/C12H15FN2O3/c1-3-15(8-11(16)18-4-2)12(17)9-5-6-14-7-10(9)13/h5-7H,3-4,8H2,1-2H3. The fourth-order valence-electron chi connectivity index (χ4n) is 1.41. The summed E-state index contributed by atoms with van der Waals surface area (Å²) in [5.41, 5.74) is -0.101. The molecule has 1 amide bonds. The molecule has 0 saturated carbocycles. The van der Waals surface area contributed by atoms with Gasteiger partial charge in [-0.15, -0.1) is 0 Å². The summed E-state index contributed by atoms with van der Waals surface area (Å²) < 4.78 is 18.1. The molecule has 0 bridgehead atoms. The van der Waals surface area contributed by atoms with E-state index in [4.69, 9.17) is 4.74 Å². The van der Waals surface area contributed by atoms with E-state index in [2.05, 4.69) is 4.98 Å². The van der Waals surface area contributed by atoms with Crippen LogP contribution < -0.4 is 0 Å². The quantitative estimate of drug-likeness (QED) is 0.742. The molecule has 0 radical (unpaired) electrons. The maximum Gasteiger partial charge on any atom is 0.325 e. The largest absolute Gasteiger partial charge is 0.465 e. The smallest absolute Gasteiger partial charge is 0.325 e. The number of carbonyl (C=O) groups excluding carboxylic acids is 2. The van der Waals surface area contributed by atoms with Crippen molar-refractivity contribution < 1.29 is 18.7 Å². The van der Waals surface area contributed by atoms with Gasteiger partial charge < -0.3 is 9.64 Å². The van der Waals surface area contributed by atoms with Crippen LogP contribution in [0.5, 0.6) is 0 Å². The molecule has 18 heavy (non-hydrogen) atoms. The molecule has 1 aromatic rings. The van der Waals surface area contributed by atoms with Crippen LogP contribution in [-0.4, -0.2) is 41.5 Å². The first-order valence-corrected chi connectivity index (χ1v) is 5.64. The Morgan fingerprint density at radius 3 is 2.72 bits per heavy atom. The van der Waals surface area contributed by atoms with Crippen LogP contribution in [0.4, 0.5) is 4.39 Å². The van der Waals surface area contributed by atoms with Crippen molar-refractivity contribution in [1.82, 2.24) is 9.88 Å². The van der Waals surface area contributed by atoms with Crippen molar-refractivity contribution >= 4 is 11.9 Å². The van der Waals surface area contributed by atoms with Gasteiger partial charge in [-0.05, 0) is 19.9 Å². The van der Waals surface area contributed by atoms with Crippen LogP contribution in [-0.2, 0) is 9.53 Å². The summed E-state index contributed by atoms with van der Waals surface area (Å²) in [6.45, 7) is 3.73. The number of amides is 1. The number of ether oxygens (including phenoxy) is 1. The van der Waals surface area contributed by atoms with Gasteiger partial charge >= 0.3 is 5.97 Å². The van der Waals surface area contributed by atoms with E-state index in [0.29, 0.717) is 6.54 Å². The van der Waals surface area contributed by atoms with E-state index in [0.717, 1.165) is 6.20 Å². The molecular weight excluding hydrogens is 239 g/mol. The summed E-state index contributed by atoms with van der Waals surface area (Å²) in [4.78, 5) is 28.1. The van der Waals surface area contributed by atoms with Crippen molar-refractivity contribution in [3.05, 3.63) is 29.8 Å². The van der Waals surface area contributed by atoms with Gasteiger partial charge in [0.1, 0.15) is 6.54 Å². The summed E-state index contributed by atoms with van der Waals surface area (Å²) in [7, 11) is 0. The molecule has 0 aliphatic carbocycles. The highest BCUT2D eigenvalue weighted by atomic mass is 19.1. The molecule has 0 atom stereocenters. The van der Waals surface area contributed by atoms with E-state index >= 15 is 0 Å². The molecule has 0 aliphatic rings. The van der Waals surface area contributed by atoms with Crippen molar-refractivity contribution in [2.24, 2.45) is 0 Å². The first-order valence-electron chi connectivity index (χ1n) is 5.64. The normalized spacial score (nSPS) is 9.94. The molecule has 0 aromatic carbocycles. The highest BCUT2D eigenvalue weighted by molar-refractivity contribution is 5.96. The van der Waals surface area contributed by atoms with Gasteiger partial charge in [0.2, 0.25) is 0 Å². The van der Waals surface area contributed by atoms with Crippen LogP contribution in [0.1, 0.15) is 24.2 Å². The van der Waals surface area contributed by atoms with Crippen molar-refractivity contribution in [3.63, 3.8) is 0 Å². The van der Waals surface area contributed by atoms with Crippen molar-refractivity contribution in [2.75, 3.05) is 19.7 Å². The van der Waals surface area contributed by atoms with Crippen molar-refractivity contribution in [3.8, 4) is 0 Å². The molecule has 1 aromatic heterocycles. The second-order valence-electron chi connectivity index (χ2n) is 3.48. The van der Waals surface area contributed by atoms with E-state index in [1.807, 2.05) is 0 Å². The number of carbonyl (C=O) groups is 2. The van der Waals surface area contributed by atoms with Gasteiger partial charge in [-0.3, -0.25) is 14.6 Å². The summed E-state index contributed by atoms with van der Waals surface area (Å²) in [5.74, 6) is -1.77. The molecule has 1 heterocycles. The van der Waals surface area contributed by atoms with Crippen LogP contribution >= 0.6 is 0 Å². The molecule has 0 N–H and O–H groups in total. The number of rotatable bonds is 5. The van der Waals surface area contributed by atoms with E-state index in [1.54, 1.807) is 13.8 Å². The second-order valence-corrected chi connectivity index (χ2v) is 3.48. The first kappa shape index (κ1) is 14.1. The van der Waals surface area contributed by atoms with Gasteiger partial charge in [0.15, 0.2) is 5.82 Å². The van der Waals surface area contributed by atoms with Crippen LogP contribution in [0, 0.1) is 5.82 Å². The lowest BCUT2D eigenvalue weighted by molar-refractivity contribution is -0.143. The van der Waals surface area contributed by atoms with Crippen molar-refractivity contribution in [1.29, 1.82) is 0 Å². The average molecular weight is 254 g/mol.